The first kappa shape index (κ1) is 19.2. The Balaban J connectivity index is 1.82. The van der Waals surface area contributed by atoms with Gasteiger partial charge in [-0.2, -0.15) is 21.0 Å². The summed E-state index contributed by atoms with van der Waals surface area (Å²) < 4.78 is 0. The summed E-state index contributed by atoms with van der Waals surface area (Å²) in [5.41, 5.74) is 2.21. The van der Waals surface area contributed by atoms with Gasteiger partial charge in [-0.25, -0.2) is 0 Å². The molecule has 8 nitrogen and oxygen atoms in total. The zero-order valence-electron chi connectivity index (χ0n) is 15.0. The fourth-order valence-electron chi connectivity index (χ4n) is 2.24. The van der Waals surface area contributed by atoms with Crippen molar-refractivity contribution in [1.82, 2.24) is 20.4 Å². The lowest BCUT2D eigenvalue weighted by Gasteiger charge is -1.94. The van der Waals surface area contributed by atoms with Gasteiger partial charge >= 0.3 is 0 Å². The predicted molar refractivity (Wildman–Crippen MR) is 101 cm³/mol. The average molecular weight is 382 g/mol. The van der Waals surface area contributed by atoms with Crippen LogP contribution in [0.4, 0.5) is 0 Å². The maximum absolute atomic E-state index is 8.99. The average Bonchev–Trinajstić information content (AvgIpc) is 2.81. The van der Waals surface area contributed by atoms with Crippen molar-refractivity contribution in [1.29, 1.82) is 21.0 Å². The van der Waals surface area contributed by atoms with Gasteiger partial charge in [0.1, 0.15) is 0 Å². The summed E-state index contributed by atoms with van der Waals surface area (Å²) in [6.07, 6.45) is 0. The van der Waals surface area contributed by atoms with Crippen LogP contribution in [0.2, 0.25) is 0 Å². The Labute approximate surface area is 171 Å². The Morgan fingerprint density at radius 1 is 0.400 bits per heavy atom. The fraction of sp³-hybridized carbons (Fsp3) is 0. The zero-order chi connectivity index (χ0) is 21.3. The normalized spacial score (nSPS) is 8.67. The highest BCUT2D eigenvalue weighted by Gasteiger charge is 2.01. The maximum atomic E-state index is 8.99. The van der Waals surface area contributed by atoms with Crippen LogP contribution in [-0.2, 0) is 0 Å². The van der Waals surface area contributed by atoms with E-state index in [1.54, 1.807) is 24.3 Å². The molecule has 0 aliphatic heterocycles. The summed E-state index contributed by atoms with van der Waals surface area (Å²) in [7, 11) is 0. The molecule has 0 bridgehead atoms. The summed E-state index contributed by atoms with van der Waals surface area (Å²) in [5.74, 6) is 10.9. The minimum atomic E-state index is 0.0414. The number of rotatable bonds is 0. The molecule has 0 fully saturated rings. The fourth-order valence-corrected chi connectivity index (χ4v) is 2.24. The minimum absolute atomic E-state index is 0.0414. The molecule has 1 heterocycles. The van der Waals surface area contributed by atoms with E-state index in [1.807, 2.05) is 24.3 Å². The third-order valence-electron chi connectivity index (χ3n) is 3.50. The quantitative estimate of drug-likeness (QED) is 0.532. The van der Waals surface area contributed by atoms with Crippen LogP contribution in [0.1, 0.15) is 45.0 Å². The van der Waals surface area contributed by atoms with E-state index >= 15 is 0 Å². The molecule has 0 radical (unpaired) electrons. The lowest BCUT2D eigenvalue weighted by molar-refractivity contribution is 0.819. The highest BCUT2D eigenvalue weighted by atomic mass is 15.3. The predicted octanol–water partition coefficient (Wildman–Crippen LogP) is 1.55. The van der Waals surface area contributed by atoms with E-state index in [-0.39, 0.29) is 11.6 Å². The van der Waals surface area contributed by atoms with E-state index < -0.39 is 0 Å². The van der Waals surface area contributed by atoms with Gasteiger partial charge in [0, 0.05) is 11.1 Å². The molecule has 0 unspecified atom stereocenters. The molecule has 3 aromatic rings. The number of hydrogen-bond donors (Lipinski definition) is 0. The molecule has 8 heteroatoms. The Kier molecular flexibility index (Phi) is 5.71. The lowest BCUT2D eigenvalue weighted by Crippen LogP contribution is -2.00. The summed E-state index contributed by atoms with van der Waals surface area (Å²) in [5, 5.41) is 51.3. The van der Waals surface area contributed by atoms with E-state index in [4.69, 9.17) is 21.0 Å². The summed E-state index contributed by atoms with van der Waals surface area (Å²) in [6.45, 7) is 0. The van der Waals surface area contributed by atoms with Crippen LogP contribution in [0.3, 0.4) is 0 Å². The standard InChI is InChI=1S/C22H6N8/c23-11-17-5-15(6-18(9-17)12-24)1-3-21-27-29-22(30-28-21)4-2-16-7-19(13-25)10-20(8-16)14-26/h5-10H. The summed E-state index contributed by atoms with van der Waals surface area (Å²) >= 11 is 0. The van der Waals surface area contributed by atoms with Gasteiger partial charge in [-0.15, -0.1) is 20.4 Å². The second-order valence-electron chi connectivity index (χ2n) is 5.59. The van der Waals surface area contributed by atoms with Crippen LogP contribution in [0.15, 0.2) is 36.4 Å². The molecule has 0 saturated carbocycles. The lowest BCUT2D eigenvalue weighted by atomic mass is 10.1. The van der Waals surface area contributed by atoms with Crippen LogP contribution in [0, 0.1) is 69.0 Å². The van der Waals surface area contributed by atoms with Crippen LogP contribution in [-0.4, -0.2) is 20.4 Å². The molecule has 0 atom stereocenters. The Hall–Kier alpha value is -5.54. The summed E-state index contributed by atoms with van der Waals surface area (Å²) in [6, 6.07) is 16.9. The number of nitrogens with zero attached hydrogens (tertiary/aromatic N) is 8. The van der Waals surface area contributed by atoms with Gasteiger partial charge in [-0.05, 0) is 48.2 Å². The van der Waals surface area contributed by atoms with Crippen LogP contribution < -0.4 is 0 Å². The third kappa shape index (κ3) is 4.79. The monoisotopic (exact) mass is 382 g/mol. The molecule has 0 saturated heterocycles. The Morgan fingerprint density at radius 2 is 0.667 bits per heavy atom. The first-order valence-electron chi connectivity index (χ1n) is 8.15. The first-order chi connectivity index (χ1) is 14.6. The van der Waals surface area contributed by atoms with Crippen LogP contribution in [0.25, 0.3) is 0 Å². The number of nitriles is 4. The van der Waals surface area contributed by atoms with Gasteiger partial charge in [0.2, 0.25) is 11.6 Å². The van der Waals surface area contributed by atoms with Crippen molar-refractivity contribution in [3.63, 3.8) is 0 Å². The molecule has 0 aliphatic carbocycles. The molecule has 0 N–H and O–H groups in total. The van der Waals surface area contributed by atoms with Crippen molar-refractivity contribution >= 4 is 0 Å². The van der Waals surface area contributed by atoms with Crippen molar-refractivity contribution < 1.29 is 0 Å². The number of hydrogen-bond acceptors (Lipinski definition) is 8. The highest BCUT2D eigenvalue weighted by Crippen LogP contribution is 2.09. The number of aromatic nitrogens is 4. The largest absolute Gasteiger partial charge is 0.246 e. The smallest absolute Gasteiger partial charge is 0.192 e. The van der Waals surface area contributed by atoms with Gasteiger partial charge in [0.15, 0.2) is 0 Å². The SMILES string of the molecule is N#Cc1cc(C#N)cc(C#Cc2nnc(C#Cc3cc(C#N)cc(C#N)c3)nn2)c1. The van der Waals surface area contributed by atoms with E-state index in [0.717, 1.165) is 0 Å². The second kappa shape index (κ2) is 8.90. The molecule has 0 aliphatic rings. The van der Waals surface area contributed by atoms with Crippen LogP contribution in [0.5, 0.6) is 0 Å². The van der Waals surface area contributed by atoms with Gasteiger partial charge < -0.3 is 0 Å². The summed E-state index contributed by atoms with van der Waals surface area (Å²) in [4.78, 5) is 0. The number of benzene rings is 2. The van der Waals surface area contributed by atoms with Gasteiger partial charge in [-0.1, -0.05) is 11.8 Å². The second-order valence-corrected chi connectivity index (χ2v) is 5.59. The molecular weight excluding hydrogens is 376 g/mol. The van der Waals surface area contributed by atoms with Crippen molar-refractivity contribution in [3.05, 3.63) is 81.4 Å². The minimum Gasteiger partial charge on any atom is -0.192 e. The Morgan fingerprint density at radius 3 is 0.933 bits per heavy atom. The topological polar surface area (TPSA) is 147 Å². The van der Waals surface area contributed by atoms with Crippen molar-refractivity contribution in [2.45, 2.75) is 0 Å². The van der Waals surface area contributed by atoms with E-state index in [1.165, 1.54) is 12.1 Å². The molecule has 0 spiro atoms. The van der Waals surface area contributed by atoms with Crippen molar-refractivity contribution in [2.75, 3.05) is 0 Å². The molecule has 3 rings (SSSR count). The van der Waals surface area contributed by atoms with E-state index in [9.17, 15) is 0 Å². The molecule has 2 aromatic carbocycles. The van der Waals surface area contributed by atoms with Gasteiger partial charge in [-0.3, -0.25) is 0 Å². The van der Waals surface area contributed by atoms with Gasteiger partial charge in [0.05, 0.1) is 46.5 Å². The molecule has 0 amide bonds. The molecular formula is C22H6N8. The first-order valence-corrected chi connectivity index (χ1v) is 8.15. The van der Waals surface area contributed by atoms with Crippen LogP contribution >= 0.6 is 0 Å². The third-order valence-corrected chi connectivity index (χ3v) is 3.50. The molecule has 134 valence electrons. The van der Waals surface area contributed by atoms with Crippen molar-refractivity contribution in [3.8, 4) is 48.0 Å². The highest BCUT2D eigenvalue weighted by molar-refractivity contribution is 5.50. The van der Waals surface area contributed by atoms with E-state index in [0.29, 0.717) is 33.4 Å². The molecule has 30 heavy (non-hydrogen) atoms. The Bertz CT molecular complexity index is 1260. The van der Waals surface area contributed by atoms with E-state index in [2.05, 4.69) is 44.1 Å². The van der Waals surface area contributed by atoms with Gasteiger partial charge in [0.25, 0.3) is 0 Å². The van der Waals surface area contributed by atoms with Crippen molar-refractivity contribution in [2.24, 2.45) is 0 Å². The zero-order valence-corrected chi connectivity index (χ0v) is 15.0. The maximum Gasteiger partial charge on any atom is 0.246 e. The molecule has 1 aromatic heterocycles.